The van der Waals surface area contributed by atoms with Crippen molar-refractivity contribution in [3.8, 4) is 0 Å². The first kappa shape index (κ1) is 11.0. The summed E-state index contributed by atoms with van der Waals surface area (Å²) in [6, 6.07) is 0. The van der Waals surface area contributed by atoms with E-state index in [2.05, 4.69) is 29.8 Å². The molecule has 0 aliphatic heterocycles. The predicted octanol–water partition coefficient (Wildman–Crippen LogP) is 4.62. The molecular weight excluding hydrogens is 236 g/mol. The van der Waals surface area contributed by atoms with Crippen molar-refractivity contribution < 1.29 is 0 Å². The van der Waals surface area contributed by atoms with Crippen LogP contribution in [0.25, 0.3) is 0 Å². The Hall–Kier alpha value is 0.480. The first-order valence-electron chi connectivity index (χ1n) is 6.29. The van der Waals surface area contributed by atoms with Crippen LogP contribution in [0.4, 0.5) is 0 Å². The molecule has 4 atom stereocenters. The summed E-state index contributed by atoms with van der Waals surface area (Å²) in [4.78, 5) is 0. The van der Waals surface area contributed by atoms with Crippen LogP contribution >= 0.6 is 15.9 Å². The number of hydrogen-bond donors (Lipinski definition) is 0. The summed E-state index contributed by atoms with van der Waals surface area (Å²) in [6.45, 7) is 4.82. The van der Waals surface area contributed by atoms with Gasteiger partial charge in [-0.05, 0) is 42.4 Å². The topological polar surface area (TPSA) is 0 Å². The molecule has 0 aromatic rings. The summed E-state index contributed by atoms with van der Waals surface area (Å²) in [6.07, 6.45) is 8.88. The molecule has 2 bridgehead atoms. The normalized spacial score (nSPS) is 43.1. The lowest BCUT2D eigenvalue weighted by Gasteiger charge is -2.41. The fraction of sp³-hybridized carbons (Fsp3) is 1.00. The van der Waals surface area contributed by atoms with Crippen LogP contribution in [0.3, 0.4) is 0 Å². The van der Waals surface area contributed by atoms with Gasteiger partial charge in [0.2, 0.25) is 0 Å². The van der Waals surface area contributed by atoms with Gasteiger partial charge in [0.25, 0.3) is 0 Å². The smallest absolute Gasteiger partial charge is 0.00932 e. The van der Waals surface area contributed by atoms with E-state index in [-0.39, 0.29) is 0 Å². The minimum atomic E-state index is 0.679. The van der Waals surface area contributed by atoms with Gasteiger partial charge in [-0.3, -0.25) is 0 Å². The maximum absolute atomic E-state index is 3.81. The second-order valence-corrected chi connectivity index (χ2v) is 6.20. The summed E-state index contributed by atoms with van der Waals surface area (Å²) in [5, 5.41) is 1.25. The molecule has 2 aliphatic carbocycles. The molecule has 14 heavy (non-hydrogen) atoms. The number of halogens is 1. The molecule has 2 aliphatic rings. The van der Waals surface area contributed by atoms with E-state index in [0.717, 1.165) is 17.8 Å². The Morgan fingerprint density at radius 2 is 2.21 bits per heavy atom. The Kier molecular flexibility index (Phi) is 3.26. The zero-order chi connectivity index (χ0) is 10.2. The Labute approximate surface area is 97.0 Å². The largest absolute Gasteiger partial charge is 0.0922 e. The minimum Gasteiger partial charge on any atom is -0.0922 e. The van der Waals surface area contributed by atoms with Gasteiger partial charge < -0.3 is 0 Å². The molecule has 0 amide bonds. The van der Waals surface area contributed by atoms with E-state index in [4.69, 9.17) is 0 Å². The summed E-state index contributed by atoms with van der Waals surface area (Å²) in [5.74, 6) is 3.06. The van der Waals surface area contributed by atoms with Gasteiger partial charge in [0, 0.05) is 5.33 Å². The average Bonchev–Trinajstić information content (AvgIpc) is 2.77. The van der Waals surface area contributed by atoms with Gasteiger partial charge in [0.15, 0.2) is 0 Å². The molecule has 1 heteroatoms. The lowest BCUT2D eigenvalue weighted by molar-refractivity contribution is 0.108. The molecule has 2 fully saturated rings. The van der Waals surface area contributed by atoms with Crippen molar-refractivity contribution in [1.82, 2.24) is 0 Å². The van der Waals surface area contributed by atoms with E-state index >= 15 is 0 Å². The van der Waals surface area contributed by atoms with Crippen LogP contribution in [-0.2, 0) is 0 Å². The molecule has 0 nitrogen and oxygen atoms in total. The van der Waals surface area contributed by atoms with Gasteiger partial charge in [-0.25, -0.2) is 0 Å². The van der Waals surface area contributed by atoms with Gasteiger partial charge >= 0.3 is 0 Å². The Morgan fingerprint density at radius 1 is 1.43 bits per heavy atom. The van der Waals surface area contributed by atoms with Crippen molar-refractivity contribution in [1.29, 1.82) is 0 Å². The van der Waals surface area contributed by atoms with Crippen molar-refractivity contribution in [2.45, 2.75) is 52.4 Å². The molecule has 4 unspecified atom stereocenters. The molecule has 82 valence electrons. The summed E-state index contributed by atoms with van der Waals surface area (Å²) in [5.41, 5.74) is 0.679. The SMILES string of the molecule is CCCC(C)C1(CBr)CC2CCC1C2. The molecular formula is C13H23Br. The van der Waals surface area contributed by atoms with E-state index in [1.165, 1.54) is 37.4 Å². The first-order chi connectivity index (χ1) is 6.73. The zero-order valence-corrected chi connectivity index (χ0v) is 11.1. The third-order valence-electron chi connectivity index (χ3n) is 4.97. The fourth-order valence-electron chi connectivity index (χ4n) is 4.11. The highest BCUT2D eigenvalue weighted by molar-refractivity contribution is 9.09. The average molecular weight is 259 g/mol. The Bertz CT molecular complexity index is 201. The molecule has 0 aromatic carbocycles. The molecule has 0 saturated heterocycles. The molecule has 0 N–H and O–H groups in total. The fourth-order valence-corrected chi connectivity index (χ4v) is 5.35. The number of fused-ring (bicyclic) bond motifs is 2. The maximum Gasteiger partial charge on any atom is 0.00932 e. The zero-order valence-electron chi connectivity index (χ0n) is 9.56. The van der Waals surface area contributed by atoms with Crippen LogP contribution in [0.1, 0.15) is 52.4 Å². The van der Waals surface area contributed by atoms with Gasteiger partial charge in [-0.15, -0.1) is 0 Å². The third kappa shape index (κ3) is 1.56. The minimum absolute atomic E-state index is 0.679. The highest BCUT2D eigenvalue weighted by Crippen LogP contribution is 2.60. The summed E-state index contributed by atoms with van der Waals surface area (Å²) >= 11 is 3.81. The van der Waals surface area contributed by atoms with Crippen LogP contribution in [0.2, 0.25) is 0 Å². The third-order valence-corrected chi connectivity index (χ3v) is 6.02. The molecule has 2 rings (SSSR count). The molecule has 0 spiro atoms. The number of hydrogen-bond acceptors (Lipinski definition) is 0. The summed E-state index contributed by atoms with van der Waals surface area (Å²) in [7, 11) is 0. The van der Waals surface area contributed by atoms with Gasteiger partial charge in [0.1, 0.15) is 0 Å². The Balaban J connectivity index is 2.10. The van der Waals surface area contributed by atoms with Crippen LogP contribution in [-0.4, -0.2) is 5.33 Å². The molecule has 0 radical (unpaired) electrons. The van der Waals surface area contributed by atoms with E-state index in [1.54, 1.807) is 6.42 Å². The number of rotatable bonds is 4. The lowest BCUT2D eigenvalue weighted by Crippen LogP contribution is -2.36. The van der Waals surface area contributed by atoms with E-state index in [0.29, 0.717) is 5.41 Å². The highest BCUT2D eigenvalue weighted by Gasteiger charge is 2.52. The van der Waals surface area contributed by atoms with Crippen molar-refractivity contribution in [3.63, 3.8) is 0 Å². The van der Waals surface area contributed by atoms with Crippen LogP contribution in [0.5, 0.6) is 0 Å². The van der Waals surface area contributed by atoms with Gasteiger partial charge in [-0.1, -0.05) is 49.0 Å². The highest BCUT2D eigenvalue weighted by atomic mass is 79.9. The van der Waals surface area contributed by atoms with Crippen molar-refractivity contribution in [2.75, 3.05) is 5.33 Å². The van der Waals surface area contributed by atoms with Crippen molar-refractivity contribution in [3.05, 3.63) is 0 Å². The quantitative estimate of drug-likeness (QED) is 0.646. The molecule has 0 heterocycles. The van der Waals surface area contributed by atoms with E-state index in [1.807, 2.05) is 0 Å². The Morgan fingerprint density at radius 3 is 2.64 bits per heavy atom. The predicted molar refractivity (Wildman–Crippen MR) is 65.7 cm³/mol. The van der Waals surface area contributed by atoms with E-state index < -0.39 is 0 Å². The standard InChI is InChI=1S/C13H23Br/c1-3-4-10(2)13(9-14)8-11-5-6-12(13)7-11/h10-12H,3-9H2,1-2H3. The maximum atomic E-state index is 3.81. The second kappa shape index (κ2) is 4.15. The molecule has 0 aromatic heterocycles. The first-order valence-corrected chi connectivity index (χ1v) is 7.41. The number of alkyl halides is 1. The van der Waals surface area contributed by atoms with Crippen LogP contribution in [0, 0.1) is 23.2 Å². The monoisotopic (exact) mass is 258 g/mol. The van der Waals surface area contributed by atoms with Crippen LogP contribution in [0.15, 0.2) is 0 Å². The second-order valence-electron chi connectivity index (χ2n) is 5.64. The van der Waals surface area contributed by atoms with Crippen molar-refractivity contribution in [2.24, 2.45) is 23.2 Å². The molecule has 2 saturated carbocycles. The van der Waals surface area contributed by atoms with E-state index in [9.17, 15) is 0 Å². The van der Waals surface area contributed by atoms with Crippen molar-refractivity contribution >= 4 is 15.9 Å². The van der Waals surface area contributed by atoms with Gasteiger partial charge in [-0.2, -0.15) is 0 Å². The van der Waals surface area contributed by atoms with Gasteiger partial charge in [0.05, 0.1) is 0 Å². The summed E-state index contributed by atoms with van der Waals surface area (Å²) < 4.78 is 0. The van der Waals surface area contributed by atoms with Crippen LogP contribution < -0.4 is 0 Å². The lowest BCUT2D eigenvalue weighted by atomic mass is 9.65.